The van der Waals surface area contributed by atoms with E-state index < -0.39 is 10.4 Å². The van der Waals surface area contributed by atoms with Crippen LogP contribution in [0.2, 0.25) is 0 Å². The van der Waals surface area contributed by atoms with E-state index >= 15 is 0 Å². The molecule has 0 unspecified atom stereocenters. The molecule has 0 spiro atoms. The van der Waals surface area contributed by atoms with Gasteiger partial charge < -0.3 is 5.73 Å². The summed E-state index contributed by atoms with van der Waals surface area (Å²) in [6, 6.07) is 0. The number of hydrogen-bond acceptors (Lipinski definition) is 4. The fourth-order valence-electron chi connectivity index (χ4n) is 0. The Kier molecular flexibility index (Phi) is 12.0. The van der Waals surface area contributed by atoms with Crippen LogP contribution in [-0.4, -0.2) is 28.9 Å². The van der Waals surface area contributed by atoms with E-state index in [1.807, 2.05) is 0 Å². The summed E-state index contributed by atoms with van der Waals surface area (Å²) in [5, 5.41) is 6.66. The van der Waals surface area contributed by atoms with E-state index in [0.717, 1.165) is 0 Å². The molecule has 8 heteroatoms. The van der Waals surface area contributed by atoms with Gasteiger partial charge in [0.25, 0.3) is 0 Å². The SMILES string of the molecule is C.CSC(=N)N.O=S(=O)(O)O. The lowest BCUT2D eigenvalue weighted by Gasteiger charge is -1.78. The standard InChI is InChI=1S/C2H6N2S.CH4.H2O4S/c1-5-2(3)4;;1-5(2,3)4/h1H3,(H3,3,4);1H4;(H2,1,2,3,4). The highest BCUT2D eigenvalue weighted by molar-refractivity contribution is 8.13. The van der Waals surface area contributed by atoms with E-state index in [1.165, 1.54) is 11.8 Å². The van der Waals surface area contributed by atoms with Crippen molar-refractivity contribution in [1.82, 2.24) is 0 Å². The molecule has 0 aliphatic heterocycles. The Labute approximate surface area is 70.3 Å². The zero-order valence-electron chi connectivity index (χ0n) is 5.10. The Balaban J connectivity index is -0.000000107. The molecule has 11 heavy (non-hydrogen) atoms. The van der Waals surface area contributed by atoms with Gasteiger partial charge in [0, 0.05) is 0 Å². The number of thioether (sulfide) groups is 1. The van der Waals surface area contributed by atoms with Crippen molar-refractivity contribution in [3.63, 3.8) is 0 Å². The van der Waals surface area contributed by atoms with Crippen molar-refractivity contribution < 1.29 is 17.5 Å². The zero-order chi connectivity index (χ0) is 8.78. The lowest BCUT2D eigenvalue weighted by Crippen LogP contribution is -2.01. The second kappa shape index (κ2) is 7.79. The van der Waals surface area contributed by atoms with Crippen LogP contribution in [0.25, 0.3) is 0 Å². The van der Waals surface area contributed by atoms with Gasteiger partial charge in [0.15, 0.2) is 5.17 Å². The number of amidine groups is 1. The molecule has 0 radical (unpaired) electrons. The van der Waals surface area contributed by atoms with Crippen LogP contribution in [0.3, 0.4) is 0 Å². The van der Waals surface area contributed by atoms with Gasteiger partial charge in [0.05, 0.1) is 0 Å². The van der Waals surface area contributed by atoms with Crippen LogP contribution in [0.4, 0.5) is 0 Å². The van der Waals surface area contributed by atoms with E-state index in [9.17, 15) is 0 Å². The zero-order valence-corrected chi connectivity index (χ0v) is 6.74. The van der Waals surface area contributed by atoms with Crippen LogP contribution in [0, 0.1) is 5.41 Å². The molecule has 0 rings (SSSR count). The Bertz CT molecular complexity index is 180. The second-order valence-electron chi connectivity index (χ2n) is 1.02. The molecule has 70 valence electrons. The van der Waals surface area contributed by atoms with Gasteiger partial charge >= 0.3 is 10.4 Å². The summed E-state index contributed by atoms with van der Waals surface area (Å²) in [6.07, 6.45) is 1.77. The minimum absolute atomic E-state index is 0. The topological polar surface area (TPSA) is 124 Å². The van der Waals surface area contributed by atoms with Crippen LogP contribution in [0.15, 0.2) is 0 Å². The van der Waals surface area contributed by atoms with E-state index in [1.54, 1.807) is 6.26 Å². The third kappa shape index (κ3) is 201. The summed E-state index contributed by atoms with van der Waals surface area (Å²) in [6.45, 7) is 0. The molecule has 6 nitrogen and oxygen atoms in total. The molecular formula is C3H12N2O4S2. The van der Waals surface area contributed by atoms with Crippen LogP contribution < -0.4 is 5.73 Å². The summed E-state index contributed by atoms with van der Waals surface area (Å²) in [5.41, 5.74) is 4.84. The Morgan fingerprint density at radius 2 is 1.64 bits per heavy atom. The van der Waals surface area contributed by atoms with Crippen molar-refractivity contribution in [1.29, 1.82) is 5.41 Å². The smallest absolute Gasteiger partial charge is 0.379 e. The van der Waals surface area contributed by atoms with E-state index in [2.05, 4.69) is 0 Å². The molecule has 0 amide bonds. The summed E-state index contributed by atoms with van der Waals surface area (Å²) >= 11 is 1.24. The van der Waals surface area contributed by atoms with Gasteiger partial charge in [-0.25, -0.2) is 0 Å². The molecule has 0 heterocycles. The fraction of sp³-hybridized carbons (Fsp3) is 0.667. The molecule has 0 aromatic rings. The van der Waals surface area contributed by atoms with Crippen LogP contribution >= 0.6 is 11.8 Å². The summed E-state index contributed by atoms with van der Waals surface area (Å²) in [7, 11) is -4.67. The minimum Gasteiger partial charge on any atom is -0.379 e. The second-order valence-corrected chi connectivity index (χ2v) is 2.76. The molecule has 0 bridgehead atoms. The maximum atomic E-state index is 8.74. The largest absolute Gasteiger partial charge is 0.394 e. The Morgan fingerprint density at radius 1 is 1.55 bits per heavy atom. The first-order valence-corrected chi connectivity index (χ1v) is 4.47. The highest BCUT2D eigenvalue weighted by atomic mass is 32.3. The first-order chi connectivity index (χ1) is 4.27. The molecule has 0 aliphatic carbocycles. The average Bonchev–Trinajstić information content (AvgIpc) is 1.61. The average molecular weight is 204 g/mol. The molecule has 0 aromatic carbocycles. The Hall–Kier alpha value is -0.310. The van der Waals surface area contributed by atoms with Crippen LogP contribution in [0.5, 0.6) is 0 Å². The van der Waals surface area contributed by atoms with E-state index in [0.29, 0.717) is 0 Å². The highest BCUT2D eigenvalue weighted by Gasteiger charge is 1.84. The molecular weight excluding hydrogens is 192 g/mol. The summed E-state index contributed by atoms with van der Waals surface area (Å²) in [5.74, 6) is 0. The van der Waals surface area contributed by atoms with Gasteiger partial charge in [0.2, 0.25) is 0 Å². The van der Waals surface area contributed by atoms with Gasteiger partial charge in [-0.3, -0.25) is 14.5 Å². The van der Waals surface area contributed by atoms with E-state index in [-0.39, 0.29) is 12.6 Å². The maximum Gasteiger partial charge on any atom is 0.394 e. The normalized spacial score (nSPS) is 8.64. The molecule has 0 aliphatic rings. The third-order valence-electron chi connectivity index (χ3n) is 0.220. The summed E-state index contributed by atoms with van der Waals surface area (Å²) in [4.78, 5) is 0. The van der Waals surface area contributed by atoms with Gasteiger partial charge in [-0.1, -0.05) is 19.2 Å². The maximum absolute atomic E-state index is 8.74. The predicted octanol–water partition coefficient (Wildman–Crippen LogP) is 0.226. The quantitative estimate of drug-likeness (QED) is 0.254. The Morgan fingerprint density at radius 3 is 1.64 bits per heavy atom. The van der Waals surface area contributed by atoms with Crippen LogP contribution in [0.1, 0.15) is 7.43 Å². The van der Waals surface area contributed by atoms with Gasteiger partial charge in [0.1, 0.15) is 0 Å². The lowest BCUT2D eigenvalue weighted by molar-refractivity contribution is 0.381. The van der Waals surface area contributed by atoms with Crippen molar-refractivity contribution in [3.8, 4) is 0 Å². The first kappa shape index (κ1) is 17.0. The van der Waals surface area contributed by atoms with Crippen molar-refractivity contribution in [2.24, 2.45) is 5.73 Å². The third-order valence-corrected chi connectivity index (χ3v) is 0.660. The molecule has 5 N–H and O–H groups in total. The van der Waals surface area contributed by atoms with Gasteiger partial charge in [-0.2, -0.15) is 8.42 Å². The monoisotopic (exact) mass is 204 g/mol. The minimum atomic E-state index is -4.67. The molecule has 0 aromatic heterocycles. The number of hydrogen-bond donors (Lipinski definition) is 4. The summed E-state index contributed by atoms with van der Waals surface area (Å²) < 4.78 is 31.6. The van der Waals surface area contributed by atoms with Gasteiger partial charge in [-0.15, -0.1) is 0 Å². The van der Waals surface area contributed by atoms with E-state index in [4.69, 9.17) is 28.7 Å². The molecule has 0 atom stereocenters. The van der Waals surface area contributed by atoms with Crippen LogP contribution in [-0.2, 0) is 10.4 Å². The van der Waals surface area contributed by atoms with Crippen molar-refractivity contribution >= 4 is 27.3 Å². The lowest BCUT2D eigenvalue weighted by atomic mass is 11.4. The van der Waals surface area contributed by atoms with Crippen molar-refractivity contribution in [2.75, 3.05) is 6.26 Å². The fourth-order valence-corrected chi connectivity index (χ4v) is 0. The van der Waals surface area contributed by atoms with Crippen molar-refractivity contribution in [2.45, 2.75) is 7.43 Å². The molecule has 0 fully saturated rings. The molecule has 0 saturated carbocycles. The van der Waals surface area contributed by atoms with Gasteiger partial charge in [-0.05, 0) is 6.26 Å². The molecule has 0 saturated heterocycles. The first-order valence-electron chi connectivity index (χ1n) is 1.85. The number of rotatable bonds is 0. The van der Waals surface area contributed by atoms with Crippen molar-refractivity contribution in [3.05, 3.63) is 0 Å². The highest BCUT2D eigenvalue weighted by Crippen LogP contribution is 1.83. The number of nitrogens with one attached hydrogen (secondary N) is 1. The number of nitrogens with two attached hydrogens (primary N) is 1. The predicted molar refractivity (Wildman–Crippen MR) is 46.3 cm³/mol.